The Labute approximate surface area is 130 Å². The predicted octanol–water partition coefficient (Wildman–Crippen LogP) is 2.21. The standard InChI is InChI=1S/C13H13F3N2O3.ClH/c14-13(15,16)20-8-1-2-10-9(7-8)11(19)18-12(21-10)3-5-17-6-4-12;/h1-2,7,17H,3-6H2,(H,18,19);1H. The van der Waals surface area contributed by atoms with Crippen LogP contribution in [-0.2, 0) is 0 Å². The first kappa shape index (κ1) is 16.7. The first-order valence-corrected chi connectivity index (χ1v) is 6.49. The Morgan fingerprint density at radius 2 is 1.91 bits per heavy atom. The molecule has 1 saturated heterocycles. The summed E-state index contributed by atoms with van der Waals surface area (Å²) >= 11 is 0. The Morgan fingerprint density at radius 3 is 2.55 bits per heavy atom. The van der Waals surface area contributed by atoms with E-state index in [0.29, 0.717) is 25.9 Å². The molecule has 1 amide bonds. The molecule has 0 aromatic heterocycles. The maximum atomic E-state index is 12.2. The van der Waals surface area contributed by atoms with Crippen molar-refractivity contribution < 1.29 is 27.4 Å². The summed E-state index contributed by atoms with van der Waals surface area (Å²) in [4.78, 5) is 12.1. The van der Waals surface area contributed by atoms with Gasteiger partial charge in [0, 0.05) is 25.9 Å². The molecule has 5 nitrogen and oxygen atoms in total. The Balaban J connectivity index is 0.00000176. The highest BCUT2D eigenvalue weighted by molar-refractivity contribution is 5.98. The summed E-state index contributed by atoms with van der Waals surface area (Å²) in [5, 5.41) is 5.89. The summed E-state index contributed by atoms with van der Waals surface area (Å²) in [6.45, 7) is 1.40. The van der Waals surface area contributed by atoms with Crippen LogP contribution in [0.5, 0.6) is 11.5 Å². The third kappa shape index (κ3) is 3.38. The highest BCUT2D eigenvalue weighted by Crippen LogP contribution is 2.35. The molecule has 0 saturated carbocycles. The van der Waals surface area contributed by atoms with E-state index < -0.39 is 23.7 Å². The van der Waals surface area contributed by atoms with Gasteiger partial charge in [-0.25, -0.2) is 0 Å². The van der Waals surface area contributed by atoms with Gasteiger partial charge in [0.05, 0.1) is 5.56 Å². The summed E-state index contributed by atoms with van der Waals surface area (Å²) in [6, 6.07) is 3.50. The summed E-state index contributed by atoms with van der Waals surface area (Å²) in [5.74, 6) is -0.623. The van der Waals surface area contributed by atoms with Crippen LogP contribution in [0.2, 0.25) is 0 Å². The van der Waals surface area contributed by atoms with Gasteiger partial charge in [-0.3, -0.25) is 4.79 Å². The zero-order valence-electron chi connectivity index (χ0n) is 11.3. The number of ether oxygens (including phenoxy) is 2. The smallest absolute Gasteiger partial charge is 0.467 e. The van der Waals surface area contributed by atoms with Crippen LogP contribution in [0.15, 0.2) is 18.2 Å². The predicted molar refractivity (Wildman–Crippen MR) is 73.3 cm³/mol. The Bertz CT molecular complexity index is 574. The van der Waals surface area contributed by atoms with Gasteiger partial charge in [-0.2, -0.15) is 0 Å². The lowest BCUT2D eigenvalue weighted by atomic mass is 9.98. The number of halogens is 4. The molecule has 0 aliphatic carbocycles. The molecule has 2 N–H and O–H groups in total. The Kier molecular flexibility index (Phi) is 4.44. The molecule has 1 fully saturated rings. The van der Waals surface area contributed by atoms with Crippen LogP contribution in [0, 0.1) is 0 Å². The lowest BCUT2D eigenvalue weighted by Gasteiger charge is -2.41. The van der Waals surface area contributed by atoms with E-state index in [2.05, 4.69) is 15.4 Å². The third-order valence-corrected chi connectivity index (χ3v) is 3.49. The number of nitrogens with one attached hydrogen (secondary N) is 2. The van der Waals surface area contributed by atoms with Crippen LogP contribution in [-0.4, -0.2) is 31.1 Å². The molecule has 122 valence electrons. The summed E-state index contributed by atoms with van der Waals surface area (Å²) in [6.07, 6.45) is -3.60. The lowest BCUT2D eigenvalue weighted by molar-refractivity contribution is -0.274. The van der Waals surface area contributed by atoms with Crippen molar-refractivity contribution in [2.24, 2.45) is 0 Å². The number of alkyl halides is 3. The van der Waals surface area contributed by atoms with Crippen molar-refractivity contribution in [3.63, 3.8) is 0 Å². The lowest BCUT2D eigenvalue weighted by Crippen LogP contribution is -2.60. The molecular weight excluding hydrogens is 325 g/mol. The fourth-order valence-corrected chi connectivity index (χ4v) is 2.54. The second-order valence-electron chi connectivity index (χ2n) is 5.01. The van der Waals surface area contributed by atoms with Crippen LogP contribution >= 0.6 is 12.4 Å². The zero-order chi connectivity index (χ0) is 15.1. The van der Waals surface area contributed by atoms with Crippen molar-refractivity contribution in [1.29, 1.82) is 0 Å². The molecule has 1 aromatic carbocycles. The van der Waals surface area contributed by atoms with E-state index in [1.54, 1.807) is 0 Å². The van der Waals surface area contributed by atoms with Crippen molar-refractivity contribution in [2.45, 2.75) is 24.9 Å². The van der Waals surface area contributed by atoms with E-state index in [4.69, 9.17) is 4.74 Å². The number of benzene rings is 1. The van der Waals surface area contributed by atoms with Gasteiger partial charge in [0.25, 0.3) is 5.91 Å². The minimum absolute atomic E-state index is 0. The average Bonchev–Trinajstić information content (AvgIpc) is 2.39. The fourth-order valence-electron chi connectivity index (χ4n) is 2.54. The van der Waals surface area contributed by atoms with Crippen molar-refractivity contribution >= 4 is 18.3 Å². The van der Waals surface area contributed by atoms with E-state index in [0.717, 1.165) is 12.1 Å². The van der Waals surface area contributed by atoms with Gasteiger partial charge in [0.2, 0.25) is 0 Å². The number of rotatable bonds is 1. The molecular formula is C13H14ClF3N2O3. The largest absolute Gasteiger partial charge is 0.573 e. The third-order valence-electron chi connectivity index (χ3n) is 3.49. The number of fused-ring (bicyclic) bond motifs is 1. The molecule has 1 aromatic rings. The van der Waals surface area contributed by atoms with E-state index in [-0.39, 0.29) is 23.7 Å². The van der Waals surface area contributed by atoms with Gasteiger partial charge < -0.3 is 20.1 Å². The Hall–Kier alpha value is -1.67. The molecule has 1 spiro atoms. The number of carbonyl (C=O) groups excluding carboxylic acids is 1. The van der Waals surface area contributed by atoms with Gasteiger partial charge in [-0.05, 0) is 18.2 Å². The Morgan fingerprint density at radius 1 is 1.23 bits per heavy atom. The fraction of sp³-hybridized carbons (Fsp3) is 0.462. The molecule has 0 unspecified atom stereocenters. The highest BCUT2D eigenvalue weighted by Gasteiger charge is 2.41. The van der Waals surface area contributed by atoms with Crippen molar-refractivity contribution in [3.8, 4) is 11.5 Å². The number of amides is 1. The first-order valence-electron chi connectivity index (χ1n) is 6.49. The number of piperidine rings is 1. The van der Waals surface area contributed by atoms with Gasteiger partial charge in [0.1, 0.15) is 11.5 Å². The van der Waals surface area contributed by atoms with Crippen LogP contribution in [0.4, 0.5) is 13.2 Å². The maximum absolute atomic E-state index is 12.2. The van der Waals surface area contributed by atoms with Crippen molar-refractivity contribution in [1.82, 2.24) is 10.6 Å². The SMILES string of the molecule is Cl.O=C1NC2(CCNCC2)Oc2ccc(OC(F)(F)F)cc21. The van der Waals surface area contributed by atoms with Gasteiger partial charge in [0.15, 0.2) is 5.72 Å². The van der Waals surface area contributed by atoms with E-state index in [9.17, 15) is 18.0 Å². The second kappa shape index (κ2) is 5.85. The number of hydrogen-bond donors (Lipinski definition) is 2. The van der Waals surface area contributed by atoms with Crippen molar-refractivity contribution in [2.75, 3.05) is 13.1 Å². The molecule has 2 heterocycles. The monoisotopic (exact) mass is 338 g/mol. The van der Waals surface area contributed by atoms with Crippen LogP contribution in [0.3, 0.4) is 0 Å². The maximum Gasteiger partial charge on any atom is 0.573 e. The average molecular weight is 339 g/mol. The van der Waals surface area contributed by atoms with Crippen LogP contribution in [0.1, 0.15) is 23.2 Å². The molecule has 0 radical (unpaired) electrons. The molecule has 2 aliphatic heterocycles. The summed E-state index contributed by atoms with van der Waals surface area (Å²) in [7, 11) is 0. The summed E-state index contributed by atoms with van der Waals surface area (Å²) in [5.41, 5.74) is -0.734. The van der Waals surface area contributed by atoms with Crippen LogP contribution < -0.4 is 20.1 Å². The van der Waals surface area contributed by atoms with Crippen molar-refractivity contribution in [3.05, 3.63) is 23.8 Å². The molecule has 3 rings (SSSR count). The topological polar surface area (TPSA) is 59.6 Å². The number of carbonyl (C=O) groups is 1. The minimum atomic E-state index is -4.80. The summed E-state index contributed by atoms with van der Waals surface area (Å²) < 4.78 is 46.2. The van der Waals surface area contributed by atoms with Gasteiger partial charge in [-0.1, -0.05) is 0 Å². The van der Waals surface area contributed by atoms with Gasteiger partial charge in [-0.15, -0.1) is 25.6 Å². The van der Waals surface area contributed by atoms with E-state index in [1.807, 2.05) is 0 Å². The minimum Gasteiger partial charge on any atom is -0.467 e. The molecule has 2 aliphatic rings. The second-order valence-corrected chi connectivity index (χ2v) is 5.01. The molecule has 0 atom stereocenters. The molecule has 0 bridgehead atoms. The quantitative estimate of drug-likeness (QED) is 0.824. The number of hydrogen-bond acceptors (Lipinski definition) is 4. The molecule has 22 heavy (non-hydrogen) atoms. The zero-order valence-corrected chi connectivity index (χ0v) is 12.1. The first-order chi connectivity index (χ1) is 9.87. The van der Waals surface area contributed by atoms with E-state index >= 15 is 0 Å². The van der Waals surface area contributed by atoms with Crippen LogP contribution in [0.25, 0.3) is 0 Å². The molecule has 9 heteroatoms. The highest BCUT2D eigenvalue weighted by atomic mass is 35.5. The van der Waals surface area contributed by atoms with Gasteiger partial charge >= 0.3 is 6.36 Å². The van der Waals surface area contributed by atoms with E-state index in [1.165, 1.54) is 6.07 Å². The normalized spacial score (nSPS) is 19.5.